The van der Waals surface area contributed by atoms with Crippen molar-refractivity contribution in [2.45, 2.75) is 25.4 Å². The largest absolute Gasteiger partial charge is 0.460 e. The number of aryl methyl sites for hydroxylation is 1. The van der Waals surface area contributed by atoms with Gasteiger partial charge in [0.05, 0.1) is 16.9 Å². The molecule has 0 aliphatic heterocycles. The van der Waals surface area contributed by atoms with Crippen LogP contribution in [0.2, 0.25) is 0 Å². The number of benzene rings is 1. The molecule has 0 radical (unpaired) electrons. The predicted molar refractivity (Wildman–Crippen MR) is 82.1 cm³/mol. The van der Waals surface area contributed by atoms with Crippen LogP contribution in [0.3, 0.4) is 0 Å². The van der Waals surface area contributed by atoms with Gasteiger partial charge in [-0.2, -0.15) is 13.2 Å². The van der Waals surface area contributed by atoms with Crippen LogP contribution in [-0.2, 0) is 12.8 Å². The lowest BCUT2D eigenvalue weighted by Gasteiger charge is -2.23. The highest BCUT2D eigenvalue weighted by Crippen LogP contribution is 2.37. The Hall–Kier alpha value is -2.30. The summed E-state index contributed by atoms with van der Waals surface area (Å²) in [5.74, 6) is -0.949. The van der Waals surface area contributed by atoms with Gasteiger partial charge in [-0.05, 0) is 30.0 Å². The molecule has 2 aliphatic carbocycles. The number of halogens is 3. The average molecular weight is 318 g/mol. The molecule has 5 heteroatoms. The van der Waals surface area contributed by atoms with E-state index < -0.39 is 12.1 Å². The molecule has 0 saturated heterocycles. The standard InChI is InChI=1S/C18H13F3O2/c19-18(20,21)11-7-5-10-6-8-15-16(13(10)9-11)17(22)12-3-1-2-4-14(12)23-15/h1,3,5-8,11H,2,4,9H2. The zero-order valence-electron chi connectivity index (χ0n) is 12.1. The summed E-state index contributed by atoms with van der Waals surface area (Å²) >= 11 is 0. The van der Waals surface area contributed by atoms with E-state index >= 15 is 0 Å². The average Bonchev–Trinajstić information content (AvgIpc) is 2.53. The molecular formula is C18H13F3O2. The van der Waals surface area contributed by atoms with E-state index in [1.807, 2.05) is 6.08 Å². The summed E-state index contributed by atoms with van der Waals surface area (Å²) in [4.78, 5) is 12.8. The Balaban J connectivity index is 1.99. The molecule has 2 aromatic rings. The van der Waals surface area contributed by atoms with E-state index in [0.29, 0.717) is 34.5 Å². The van der Waals surface area contributed by atoms with Gasteiger partial charge < -0.3 is 4.42 Å². The molecule has 2 nitrogen and oxygen atoms in total. The third kappa shape index (κ3) is 2.22. The number of allylic oxidation sites excluding steroid dienone is 2. The third-order valence-corrected chi connectivity index (χ3v) is 4.49. The molecule has 1 aromatic heterocycles. The van der Waals surface area contributed by atoms with Crippen LogP contribution in [0.5, 0.6) is 0 Å². The second-order valence-electron chi connectivity index (χ2n) is 5.93. The highest BCUT2D eigenvalue weighted by atomic mass is 19.4. The quantitative estimate of drug-likeness (QED) is 0.716. The number of hydrogen-bond acceptors (Lipinski definition) is 2. The van der Waals surface area contributed by atoms with Crippen LogP contribution >= 0.6 is 0 Å². The lowest BCUT2D eigenvalue weighted by Crippen LogP contribution is -2.26. The Morgan fingerprint density at radius 1 is 1.17 bits per heavy atom. The van der Waals surface area contributed by atoms with E-state index in [4.69, 9.17) is 4.42 Å². The minimum Gasteiger partial charge on any atom is -0.460 e. The molecule has 1 unspecified atom stereocenters. The zero-order chi connectivity index (χ0) is 16.2. The predicted octanol–water partition coefficient (Wildman–Crippen LogP) is 4.50. The number of rotatable bonds is 0. The Morgan fingerprint density at radius 2 is 2.00 bits per heavy atom. The van der Waals surface area contributed by atoms with Crippen molar-refractivity contribution in [1.29, 1.82) is 0 Å². The molecule has 0 N–H and O–H groups in total. The van der Waals surface area contributed by atoms with Crippen LogP contribution < -0.4 is 5.43 Å². The van der Waals surface area contributed by atoms with Gasteiger partial charge >= 0.3 is 6.18 Å². The monoisotopic (exact) mass is 318 g/mol. The summed E-state index contributed by atoms with van der Waals surface area (Å²) in [7, 11) is 0. The first kappa shape index (κ1) is 14.3. The third-order valence-electron chi connectivity index (χ3n) is 4.49. The van der Waals surface area contributed by atoms with Crippen LogP contribution in [0.1, 0.15) is 28.9 Å². The smallest absolute Gasteiger partial charge is 0.395 e. The fourth-order valence-corrected chi connectivity index (χ4v) is 3.30. The summed E-state index contributed by atoms with van der Waals surface area (Å²) in [6.45, 7) is 0. The Labute approximate surface area is 129 Å². The molecular weight excluding hydrogens is 305 g/mol. The van der Waals surface area contributed by atoms with Gasteiger partial charge in [0, 0.05) is 6.42 Å². The van der Waals surface area contributed by atoms with Crippen molar-refractivity contribution in [2.24, 2.45) is 5.92 Å². The van der Waals surface area contributed by atoms with Crippen molar-refractivity contribution in [3.05, 3.63) is 57.0 Å². The van der Waals surface area contributed by atoms with Crippen LogP contribution in [0, 0.1) is 5.92 Å². The molecule has 0 spiro atoms. The van der Waals surface area contributed by atoms with Gasteiger partial charge in [-0.25, -0.2) is 0 Å². The minimum atomic E-state index is -4.31. The van der Waals surface area contributed by atoms with Gasteiger partial charge in [0.25, 0.3) is 0 Å². The highest BCUT2D eigenvalue weighted by molar-refractivity contribution is 5.87. The minimum absolute atomic E-state index is 0.222. The van der Waals surface area contributed by atoms with E-state index in [2.05, 4.69) is 0 Å². The van der Waals surface area contributed by atoms with Crippen LogP contribution in [0.15, 0.2) is 33.5 Å². The molecule has 118 valence electrons. The lowest BCUT2D eigenvalue weighted by molar-refractivity contribution is -0.160. The normalized spacial score (nSPS) is 19.7. The Bertz CT molecular complexity index is 916. The van der Waals surface area contributed by atoms with Gasteiger partial charge in [-0.1, -0.05) is 30.4 Å². The van der Waals surface area contributed by atoms with E-state index in [1.165, 1.54) is 6.08 Å². The van der Waals surface area contributed by atoms with E-state index in [0.717, 1.165) is 12.5 Å². The number of alkyl halides is 3. The van der Waals surface area contributed by atoms with Crippen molar-refractivity contribution < 1.29 is 17.6 Å². The maximum Gasteiger partial charge on any atom is 0.395 e. The molecule has 1 atom stereocenters. The van der Waals surface area contributed by atoms with E-state index in [1.54, 1.807) is 18.2 Å². The fraction of sp³-hybridized carbons (Fsp3) is 0.278. The molecule has 0 saturated carbocycles. The van der Waals surface area contributed by atoms with Gasteiger partial charge in [-0.15, -0.1) is 0 Å². The van der Waals surface area contributed by atoms with E-state index in [9.17, 15) is 18.0 Å². The van der Waals surface area contributed by atoms with Crippen molar-refractivity contribution in [3.63, 3.8) is 0 Å². The van der Waals surface area contributed by atoms with Gasteiger partial charge in [0.1, 0.15) is 11.3 Å². The van der Waals surface area contributed by atoms with Gasteiger partial charge in [0.15, 0.2) is 5.43 Å². The summed E-state index contributed by atoms with van der Waals surface area (Å²) in [6.07, 6.45) is 3.11. The summed E-state index contributed by atoms with van der Waals surface area (Å²) in [5, 5.41) is 0.284. The Kier molecular flexibility index (Phi) is 3.01. The number of fused-ring (bicyclic) bond motifs is 4. The zero-order valence-corrected chi connectivity index (χ0v) is 12.1. The van der Waals surface area contributed by atoms with Crippen LogP contribution in [-0.4, -0.2) is 6.18 Å². The molecule has 0 amide bonds. The number of hydrogen-bond donors (Lipinski definition) is 0. The van der Waals surface area contributed by atoms with Crippen LogP contribution in [0.25, 0.3) is 23.1 Å². The first-order valence-corrected chi connectivity index (χ1v) is 7.48. The lowest BCUT2D eigenvalue weighted by atomic mass is 9.86. The second kappa shape index (κ2) is 4.85. The SMILES string of the molecule is O=c1c2c(oc3ccc4c(c13)CC(C(F)(F)F)C=C4)CCC=C2. The Morgan fingerprint density at radius 3 is 2.78 bits per heavy atom. The second-order valence-corrected chi connectivity index (χ2v) is 5.93. The van der Waals surface area contributed by atoms with Crippen molar-refractivity contribution in [3.8, 4) is 0 Å². The maximum atomic E-state index is 13.0. The van der Waals surface area contributed by atoms with Crippen molar-refractivity contribution >= 4 is 23.1 Å². The fourth-order valence-electron chi connectivity index (χ4n) is 3.30. The van der Waals surface area contributed by atoms with Crippen molar-refractivity contribution in [2.75, 3.05) is 0 Å². The molecule has 0 bridgehead atoms. The van der Waals surface area contributed by atoms with Crippen molar-refractivity contribution in [1.82, 2.24) is 0 Å². The van der Waals surface area contributed by atoms with Crippen LogP contribution in [0.4, 0.5) is 13.2 Å². The maximum absolute atomic E-state index is 13.0. The topological polar surface area (TPSA) is 30.2 Å². The molecule has 1 aromatic carbocycles. The molecule has 0 fully saturated rings. The summed E-state index contributed by atoms with van der Waals surface area (Å²) in [6, 6.07) is 3.39. The molecule has 1 heterocycles. The first-order valence-electron chi connectivity index (χ1n) is 7.48. The highest BCUT2D eigenvalue weighted by Gasteiger charge is 2.39. The molecule has 2 aliphatic rings. The molecule has 4 rings (SSSR count). The summed E-state index contributed by atoms with van der Waals surface area (Å²) in [5.41, 5.74) is 1.70. The first-order chi connectivity index (χ1) is 10.9. The van der Waals surface area contributed by atoms with E-state index in [-0.39, 0.29) is 17.2 Å². The van der Waals surface area contributed by atoms with Gasteiger partial charge in [-0.3, -0.25) is 4.79 Å². The van der Waals surface area contributed by atoms with Gasteiger partial charge in [0.2, 0.25) is 0 Å². The summed E-state index contributed by atoms with van der Waals surface area (Å²) < 4.78 is 44.9. The molecule has 23 heavy (non-hydrogen) atoms.